The molecule has 2 aromatic heterocycles. The van der Waals surface area contributed by atoms with E-state index in [0.717, 1.165) is 87.5 Å². The Balaban J connectivity index is 0.000000181. The average Bonchev–Trinajstić information content (AvgIpc) is 1.56. The van der Waals surface area contributed by atoms with Gasteiger partial charge in [-0.05, 0) is 173 Å². The second kappa shape index (κ2) is 35.3. The molecule has 0 unspecified atom stereocenters. The number of pyridine rings is 2. The second-order valence-corrected chi connectivity index (χ2v) is 39.0. The summed E-state index contributed by atoms with van der Waals surface area (Å²) in [7, 11) is 0. The van der Waals surface area contributed by atoms with Gasteiger partial charge in [-0.2, -0.15) is 0 Å². The predicted molar refractivity (Wildman–Crippen MR) is 479 cm³/mol. The second-order valence-electron chi connectivity index (χ2n) is 39.0. The van der Waals surface area contributed by atoms with Crippen molar-refractivity contribution >= 4 is 64.3 Å². The number of ketones is 3. The van der Waals surface area contributed by atoms with E-state index in [-0.39, 0.29) is 79.1 Å². The van der Waals surface area contributed by atoms with Crippen LogP contribution in [0.1, 0.15) is 326 Å². The van der Waals surface area contributed by atoms with E-state index in [9.17, 15) is 28.4 Å². The van der Waals surface area contributed by atoms with Gasteiger partial charge >= 0.3 is 6.03 Å². The maximum absolute atomic E-state index is 13.2. The molecule has 606 valence electrons. The molecule has 2 amide bonds. The highest BCUT2D eigenvalue weighted by Gasteiger charge is 2.52. The fourth-order valence-electron chi connectivity index (χ4n) is 14.2. The van der Waals surface area contributed by atoms with Crippen LogP contribution in [0.15, 0.2) is 175 Å². The van der Waals surface area contributed by atoms with Crippen LogP contribution in [-0.2, 0) is 68.1 Å². The van der Waals surface area contributed by atoms with E-state index >= 15 is 0 Å². The number of urea groups is 1. The highest BCUT2D eigenvalue weighted by molar-refractivity contribution is 6.04. The smallest absolute Gasteiger partial charge is 0.323 e. The number of nitrogens with one attached hydrogen (secondary N) is 5. The molecule has 6 aromatic carbocycles. The fraction of sp³-hybridized carbons (Fsp3) is 0.416. The first-order chi connectivity index (χ1) is 52.2. The van der Waals surface area contributed by atoms with Crippen molar-refractivity contribution in [1.29, 1.82) is 0 Å². The molecule has 1 saturated carbocycles. The molecule has 5 heterocycles. The average molecular weight is 1540 g/mol. The van der Waals surface area contributed by atoms with Gasteiger partial charge in [0.2, 0.25) is 5.56 Å². The number of aliphatic imine (C=N–C) groups is 1. The molecular formula is C101H130FN7O5. The summed E-state index contributed by atoms with van der Waals surface area (Å²) >= 11 is 0. The molecule has 0 bridgehead atoms. The number of amides is 2. The molecule has 1 spiro atoms. The lowest BCUT2D eigenvalue weighted by atomic mass is 9.82. The lowest BCUT2D eigenvalue weighted by molar-refractivity contribution is 0.0981. The maximum atomic E-state index is 13.2. The molecule has 4 aliphatic carbocycles. The molecule has 0 atom stereocenters. The van der Waals surface area contributed by atoms with Crippen molar-refractivity contribution in [2.75, 3.05) is 5.32 Å². The van der Waals surface area contributed by atoms with Crippen LogP contribution in [0, 0.1) is 5.82 Å². The zero-order valence-corrected chi connectivity index (χ0v) is 72.4. The molecule has 8 aromatic rings. The van der Waals surface area contributed by atoms with Crippen molar-refractivity contribution in [3.8, 4) is 0 Å². The number of para-hydroxylation sites is 2. The van der Waals surface area contributed by atoms with Gasteiger partial charge in [-0.25, -0.2) is 14.2 Å². The molecule has 12 nitrogen and oxygen atoms in total. The van der Waals surface area contributed by atoms with Crippen LogP contribution in [0.3, 0.4) is 0 Å². The Hall–Kier alpha value is -10.1. The van der Waals surface area contributed by atoms with E-state index in [1.165, 1.54) is 87.2 Å². The molecule has 3 aliphatic heterocycles. The molecular weight excluding hydrogens is 1410 g/mol. The number of allylic oxidation sites excluding steroid dienone is 1. The summed E-state index contributed by atoms with van der Waals surface area (Å²) in [6.07, 6.45) is 15.5. The quantitative estimate of drug-likeness (QED) is 0.101. The van der Waals surface area contributed by atoms with Crippen LogP contribution in [0.25, 0.3) is 23.2 Å². The first kappa shape index (κ1) is 91.0. The van der Waals surface area contributed by atoms with Crippen molar-refractivity contribution in [3.05, 3.63) is 288 Å². The van der Waals surface area contributed by atoms with E-state index in [0.29, 0.717) is 23.7 Å². The minimum atomic E-state index is -0.439. The van der Waals surface area contributed by atoms with Gasteiger partial charge in [0.25, 0.3) is 0 Å². The number of aromatic nitrogens is 2. The predicted octanol–water partition coefficient (Wildman–Crippen LogP) is 24.7. The third kappa shape index (κ3) is 23.1. The van der Waals surface area contributed by atoms with Crippen LogP contribution in [0.4, 0.5) is 20.6 Å². The number of aryl methyl sites for hydroxylation is 1. The first-order valence-electron chi connectivity index (χ1n) is 39.8. The number of anilines is 1. The summed E-state index contributed by atoms with van der Waals surface area (Å²) in [5.74, 6) is 0.00352. The Morgan fingerprint density at radius 1 is 0.500 bits per heavy atom. The van der Waals surface area contributed by atoms with Gasteiger partial charge in [-0.1, -0.05) is 290 Å². The number of rotatable bonds is 1. The number of carbonyl (C=O) groups excluding carboxylic acids is 4. The van der Waals surface area contributed by atoms with E-state index in [1.807, 2.05) is 51.2 Å². The molecule has 5 N–H and O–H groups in total. The summed E-state index contributed by atoms with van der Waals surface area (Å²) in [6, 6.07) is 41.9. The van der Waals surface area contributed by atoms with Crippen molar-refractivity contribution in [2.24, 2.45) is 4.99 Å². The van der Waals surface area contributed by atoms with Gasteiger partial charge in [-0.15, -0.1) is 0 Å². The number of hydrogen-bond acceptors (Lipinski definition) is 9. The molecule has 0 saturated heterocycles. The van der Waals surface area contributed by atoms with Crippen molar-refractivity contribution in [1.82, 2.24) is 25.9 Å². The van der Waals surface area contributed by atoms with E-state index in [2.05, 4.69) is 292 Å². The Labute approximate surface area is 682 Å². The lowest BCUT2D eigenvalue weighted by Gasteiger charge is -2.28. The van der Waals surface area contributed by atoms with E-state index < -0.39 is 5.82 Å². The summed E-state index contributed by atoms with van der Waals surface area (Å²) in [5.41, 5.74) is 27.3. The minimum Gasteiger partial charge on any atom is -0.381 e. The van der Waals surface area contributed by atoms with Gasteiger partial charge in [0, 0.05) is 94.6 Å². The summed E-state index contributed by atoms with van der Waals surface area (Å²) < 4.78 is 13.2. The number of hydrogen-bond donors (Lipinski definition) is 5. The highest BCUT2D eigenvalue weighted by atomic mass is 19.1. The number of Topliss-reactive ketones (excluding diaryl/α,β-unsaturated/α-hetero) is 3. The Bertz CT molecular complexity index is 5030. The van der Waals surface area contributed by atoms with Gasteiger partial charge in [0.15, 0.2) is 17.3 Å². The monoisotopic (exact) mass is 1540 g/mol. The number of halogens is 1. The van der Waals surface area contributed by atoms with Crippen LogP contribution >= 0.6 is 0 Å². The normalized spacial score (nSPS) is 15.1. The number of fused-ring (bicyclic) bond motifs is 7. The molecule has 7 aliphatic rings. The standard InChI is InChI=1S/C15H18O.C13H16N2O.C13H16N2.C13H17N.C13H16O.C12H15FO.C12H15N.C9H13NO.CH4/c1-14(2,3)10-4-5-12-11(8-10)13(16)9-15(12)6-7-15;1-8-9-6-5-7-10(13(2,3)4)11(9)15-12(16)14-8;1-9-10-6-5-7-11(13(2,3)4)12(10)15-8-14-9;1-9-10-6-5-7-12(13(2,3)4)11(10)8-14-9;1-13(2,3)10-6-4-9-5-7-12(14)11(9)8-10;1-8(14)10-7-9(12(2,3)4)5-6-11(10)13;1-12(2,3)10-7-9-5-4-6-11(9)13-8-10;1-9(2,3)7-4-5-10-8(11)6-7;/h4-5,8H,6-7,9H2,1-3H3;5-7H,1H2,2-4H3,(H2,14,15,16);5-8H,1H2,2-4H3,(H,14,15);5-7,14H,1,8H2,2-4H3;4,6,8H,5,7H2,1-3H3;5-7H,1-4H3;4-5,7-8H,6H2,1-3H3;4-6H,1-3H3,(H,10,11);1H4. The molecule has 1 fully saturated rings. The first-order valence-corrected chi connectivity index (χ1v) is 39.8. The molecule has 0 radical (unpaired) electrons. The number of benzene rings is 6. The van der Waals surface area contributed by atoms with Crippen LogP contribution < -0.4 is 26.8 Å². The van der Waals surface area contributed by atoms with Crippen molar-refractivity contribution in [3.63, 3.8) is 0 Å². The van der Waals surface area contributed by atoms with Gasteiger partial charge in [0.1, 0.15) is 5.82 Å². The fourth-order valence-corrected chi connectivity index (χ4v) is 14.2. The highest BCUT2D eigenvalue weighted by Crippen LogP contribution is 2.57. The van der Waals surface area contributed by atoms with Crippen molar-refractivity contribution < 1.29 is 23.6 Å². The minimum absolute atomic E-state index is 0. The Kier molecular flexibility index (Phi) is 28.2. The summed E-state index contributed by atoms with van der Waals surface area (Å²) in [5, 5.41) is 11.9. The number of aromatic amines is 1. The van der Waals surface area contributed by atoms with E-state index in [1.54, 1.807) is 30.7 Å². The third-order valence-corrected chi connectivity index (χ3v) is 21.4. The summed E-state index contributed by atoms with van der Waals surface area (Å²) in [6.45, 7) is 66.0. The summed E-state index contributed by atoms with van der Waals surface area (Å²) in [4.78, 5) is 68.4. The molecule has 114 heavy (non-hydrogen) atoms. The van der Waals surface area contributed by atoms with Crippen molar-refractivity contribution in [2.45, 2.75) is 274 Å². The molecule has 13 heteroatoms. The Morgan fingerprint density at radius 2 is 1.03 bits per heavy atom. The SMILES string of the molecule is C.C=C1NC(=O)Nc2c1cccc2C(C)(C)C.C=C1NC=Nc2c1cccc2C(C)(C)C.C=C1NCc2c1cccc2C(C)(C)C.CC(=O)c1cc(C(C)(C)C)ccc1F.CC(C)(C)c1cc[nH]c(=O)c1.CC(C)(C)c1ccc2c(c1)C(=O)CC2.CC(C)(C)c1ccc2c(c1)C(=O)CC21CC1.CC(C)(C)c1cnc2c(c1)C=CC2. The largest absolute Gasteiger partial charge is 0.381 e. The number of H-pyrrole nitrogens is 1. The third-order valence-electron chi connectivity index (χ3n) is 21.4. The van der Waals surface area contributed by atoms with Crippen LogP contribution in [0.5, 0.6) is 0 Å². The topological polar surface area (TPSA) is 175 Å². The maximum Gasteiger partial charge on any atom is 0.323 e. The zero-order valence-electron chi connectivity index (χ0n) is 72.4. The van der Waals surface area contributed by atoms with E-state index in [4.69, 9.17) is 0 Å². The lowest BCUT2D eigenvalue weighted by Crippen LogP contribution is -2.33. The number of carbonyl (C=O) groups is 4. The Morgan fingerprint density at radius 3 is 1.58 bits per heavy atom. The van der Waals surface area contributed by atoms with Gasteiger partial charge in [0.05, 0.1) is 29.0 Å². The van der Waals surface area contributed by atoms with Gasteiger partial charge < -0.3 is 26.3 Å². The van der Waals surface area contributed by atoms with Crippen LogP contribution in [0.2, 0.25) is 0 Å². The van der Waals surface area contributed by atoms with Crippen LogP contribution in [-0.4, -0.2) is 39.7 Å². The van der Waals surface area contributed by atoms with Gasteiger partial charge in [-0.3, -0.25) is 24.2 Å². The zero-order chi connectivity index (χ0) is 84.1. The number of nitrogens with zero attached hydrogens (tertiary/aromatic N) is 2. The molecule has 15 rings (SSSR count).